The number of aryl methyl sites for hydroxylation is 2. The van der Waals surface area contributed by atoms with E-state index in [1.165, 1.54) is 13.0 Å². The molecule has 0 aliphatic carbocycles. The number of benzene rings is 2. The van der Waals surface area contributed by atoms with Crippen molar-refractivity contribution in [2.24, 2.45) is 0 Å². The van der Waals surface area contributed by atoms with Crippen molar-refractivity contribution in [3.8, 4) is 11.3 Å². The third-order valence-electron chi connectivity index (χ3n) is 5.06. The molecule has 3 aromatic rings. The van der Waals surface area contributed by atoms with Crippen LogP contribution in [0.5, 0.6) is 0 Å². The van der Waals surface area contributed by atoms with Crippen molar-refractivity contribution in [2.75, 3.05) is 4.90 Å². The van der Waals surface area contributed by atoms with Gasteiger partial charge in [-0.2, -0.15) is 0 Å². The van der Waals surface area contributed by atoms with Crippen molar-refractivity contribution in [3.63, 3.8) is 0 Å². The predicted molar refractivity (Wildman–Crippen MR) is 119 cm³/mol. The number of Topliss-reactive ketones (excluding diaryl/α,β-unsaturated/α-hetero) is 1. The first-order valence-electron chi connectivity index (χ1n) is 9.94. The van der Waals surface area contributed by atoms with E-state index in [2.05, 4.69) is 5.32 Å². The Labute approximate surface area is 184 Å². The third-order valence-corrected chi connectivity index (χ3v) is 5.06. The molecule has 0 bridgehead atoms. The maximum absolute atomic E-state index is 13.1. The SMILES string of the molecule is CC(=O)c1ccc(-c2ccc(/C=C3\C(=O)NC(=O)N(c4cc(C)cc(C)c4)C3=O)o2)cc1. The Kier molecular flexibility index (Phi) is 5.32. The zero-order valence-electron chi connectivity index (χ0n) is 17.8. The number of nitrogens with one attached hydrogen (secondary N) is 1. The molecule has 1 fully saturated rings. The van der Waals surface area contributed by atoms with Crippen molar-refractivity contribution in [1.82, 2.24) is 5.32 Å². The van der Waals surface area contributed by atoms with E-state index in [1.54, 1.807) is 48.5 Å². The number of hydrogen-bond donors (Lipinski definition) is 1. The topological polar surface area (TPSA) is 96.7 Å². The van der Waals surface area contributed by atoms with E-state index in [-0.39, 0.29) is 17.1 Å². The van der Waals surface area contributed by atoms with Gasteiger partial charge in [0.15, 0.2) is 5.78 Å². The number of carbonyl (C=O) groups excluding carboxylic acids is 4. The molecule has 2 aromatic carbocycles. The van der Waals surface area contributed by atoms with E-state index in [0.29, 0.717) is 17.0 Å². The number of carbonyl (C=O) groups is 4. The number of urea groups is 1. The number of rotatable bonds is 4. The standard InChI is InChI=1S/C25H20N2O5/c1-14-10-15(2)12-19(11-14)27-24(30)21(23(29)26-25(27)31)13-20-8-9-22(32-20)18-6-4-17(5-7-18)16(3)28/h4-13H,1-3H3,(H,26,29,31)/b21-13+. The van der Waals surface area contributed by atoms with E-state index in [4.69, 9.17) is 4.42 Å². The molecular weight excluding hydrogens is 408 g/mol. The van der Waals surface area contributed by atoms with Crippen molar-refractivity contribution in [1.29, 1.82) is 0 Å². The monoisotopic (exact) mass is 428 g/mol. The summed E-state index contributed by atoms with van der Waals surface area (Å²) in [6, 6.07) is 14.8. The first-order chi connectivity index (χ1) is 15.2. The molecular formula is C25H20N2O5. The van der Waals surface area contributed by atoms with Gasteiger partial charge >= 0.3 is 6.03 Å². The van der Waals surface area contributed by atoms with E-state index in [9.17, 15) is 19.2 Å². The summed E-state index contributed by atoms with van der Waals surface area (Å²) in [5.41, 5.74) is 3.27. The van der Waals surface area contributed by atoms with Crippen molar-refractivity contribution >= 4 is 35.4 Å². The van der Waals surface area contributed by atoms with Crippen molar-refractivity contribution < 1.29 is 23.6 Å². The largest absolute Gasteiger partial charge is 0.457 e. The molecule has 0 unspecified atom stereocenters. The second-order valence-electron chi connectivity index (χ2n) is 7.64. The highest BCUT2D eigenvalue weighted by molar-refractivity contribution is 6.39. The van der Waals surface area contributed by atoms with Gasteiger partial charge in [0, 0.05) is 11.1 Å². The highest BCUT2D eigenvalue weighted by Gasteiger charge is 2.37. The first-order valence-corrected chi connectivity index (χ1v) is 9.94. The average Bonchev–Trinajstić information content (AvgIpc) is 3.19. The van der Waals surface area contributed by atoms with E-state index >= 15 is 0 Å². The Morgan fingerprint density at radius 1 is 0.938 bits per heavy atom. The van der Waals surface area contributed by atoms with Gasteiger partial charge in [-0.05, 0) is 62.2 Å². The summed E-state index contributed by atoms with van der Waals surface area (Å²) in [5, 5.41) is 2.21. The fourth-order valence-corrected chi connectivity index (χ4v) is 3.57. The van der Waals surface area contributed by atoms with Crippen LogP contribution in [0.1, 0.15) is 34.2 Å². The van der Waals surface area contributed by atoms with Crippen molar-refractivity contribution in [2.45, 2.75) is 20.8 Å². The smallest absolute Gasteiger partial charge is 0.335 e. The molecule has 1 aliphatic heterocycles. The average molecular weight is 428 g/mol. The predicted octanol–water partition coefficient (Wildman–Crippen LogP) is 4.43. The number of furan rings is 1. The Hall–Kier alpha value is -4.26. The molecule has 0 atom stereocenters. The number of imide groups is 2. The summed E-state index contributed by atoms with van der Waals surface area (Å²) < 4.78 is 5.78. The lowest BCUT2D eigenvalue weighted by Crippen LogP contribution is -2.54. The molecule has 160 valence electrons. The number of nitrogens with zero attached hydrogens (tertiary/aromatic N) is 1. The van der Waals surface area contributed by atoms with Crippen LogP contribution >= 0.6 is 0 Å². The maximum atomic E-state index is 13.1. The van der Waals surface area contributed by atoms with Gasteiger partial charge < -0.3 is 4.42 Å². The minimum absolute atomic E-state index is 0.0360. The van der Waals surface area contributed by atoms with Gasteiger partial charge in [0.2, 0.25) is 0 Å². The number of amides is 4. The Bertz CT molecular complexity index is 1280. The van der Waals surface area contributed by atoms with Gasteiger partial charge in [-0.3, -0.25) is 19.7 Å². The number of hydrogen-bond acceptors (Lipinski definition) is 5. The summed E-state index contributed by atoms with van der Waals surface area (Å²) in [5.74, 6) is -0.759. The lowest BCUT2D eigenvalue weighted by Gasteiger charge is -2.26. The lowest BCUT2D eigenvalue weighted by molar-refractivity contribution is -0.122. The van der Waals surface area contributed by atoms with Crippen LogP contribution < -0.4 is 10.2 Å². The van der Waals surface area contributed by atoms with Gasteiger partial charge in [0.25, 0.3) is 11.8 Å². The quantitative estimate of drug-likeness (QED) is 0.377. The summed E-state index contributed by atoms with van der Waals surface area (Å²) in [7, 11) is 0. The van der Waals surface area contributed by atoms with Crippen LogP contribution in [-0.4, -0.2) is 23.6 Å². The molecule has 7 heteroatoms. The van der Waals surface area contributed by atoms with Gasteiger partial charge in [-0.15, -0.1) is 0 Å². The van der Waals surface area contributed by atoms with Crippen LogP contribution in [0, 0.1) is 13.8 Å². The van der Waals surface area contributed by atoms with E-state index < -0.39 is 17.8 Å². The minimum Gasteiger partial charge on any atom is -0.457 e. The first kappa shape index (κ1) is 21.0. The minimum atomic E-state index is -0.798. The molecule has 4 amide bonds. The molecule has 4 rings (SSSR count). The molecule has 1 aliphatic rings. The summed E-state index contributed by atoms with van der Waals surface area (Å²) in [4.78, 5) is 50.2. The second-order valence-corrected chi connectivity index (χ2v) is 7.64. The molecule has 1 N–H and O–H groups in total. The normalized spacial score (nSPS) is 15.3. The maximum Gasteiger partial charge on any atom is 0.335 e. The molecule has 7 nitrogen and oxygen atoms in total. The van der Waals surface area contributed by atoms with Crippen LogP contribution in [0.25, 0.3) is 17.4 Å². The van der Waals surface area contributed by atoms with E-state index in [0.717, 1.165) is 21.6 Å². The molecule has 2 heterocycles. The highest BCUT2D eigenvalue weighted by Crippen LogP contribution is 2.27. The van der Waals surface area contributed by atoms with Gasteiger partial charge in [-0.1, -0.05) is 30.3 Å². The summed E-state index contributed by atoms with van der Waals surface area (Å²) in [6.45, 7) is 5.21. The number of anilines is 1. The lowest BCUT2D eigenvalue weighted by atomic mass is 10.1. The second kappa shape index (κ2) is 8.11. The van der Waals surface area contributed by atoms with Crippen LogP contribution in [0.2, 0.25) is 0 Å². The zero-order chi connectivity index (χ0) is 23.0. The number of ketones is 1. The Balaban J connectivity index is 1.66. The van der Waals surface area contributed by atoms with Gasteiger partial charge in [-0.25, -0.2) is 9.69 Å². The zero-order valence-corrected chi connectivity index (χ0v) is 17.8. The summed E-state index contributed by atoms with van der Waals surface area (Å²) in [6.07, 6.45) is 1.31. The third kappa shape index (κ3) is 4.00. The van der Waals surface area contributed by atoms with Crippen LogP contribution in [0.15, 0.2) is 64.6 Å². The fraction of sp³-hybridized carbons (Fsp3) is 0.120. The van der Waals surface area contributed by atoms with Crippen LogP contribution in [0.4, 0.5) is 10.5 Å². The molecule has 1 aromatic heterocycles. The Morgan fingerprint density at radius 3 is 2.22 bits per heavy atom. The van der Waals surface area contributed by atoms with Gasteiger partial charge in [0.05, 0.1) is 5.69 Å². The molecule has 32 heavy (non-hydrogen) atoms. The van der Waals surface area contributed by atoms with Crippen molar-refractivity contribution in [3.05, 3.63) is 82.6 Å². The van der Waals surface area contributed by atoms with Gasteiger partial charge in [0.1, 0.15) is 17.1 Å². The van der Waals surface area contributed by atoms with E-state index in [1.807, 2.05) is 19.9 Å². The fourth-order valence-electron chi connectivity index (χ4n) is 3.57. The molecule has 0 saturated carbocycles. The highest BCUT2D eigenvalue weighted by atomic mass is 16.3. The summed E-state index contributed by atoms with van der Waals surface area (Å²) >= 11 is 0. The Morgan fingerprint density at radius 2 is 1.59 bits per heavy atom. The molecule has 0 radical (unpaired) electrons. The number of barbiturate groups is 1. The van der Waals surface area contributed by atoms with Crippen LogP contribution in [0.3, 0.4) is 0 Å². The molecule has 0 spiro atoms. The van der Waals surface area contributed by atoms with Crippen LogP contribution in [-0.2, 0) is 9.59 Å². The molecule has 1 saturated heterocycles.